The zero-order chi connectivity index (χ0) is 11.7. The van der Waals surface area contributed by atoms with Gasteiger partial charge >= 0.3 is 0 Å². The Kier molecular flexibility index (Phi) is 3.06. The molecule has 0 amide bonds. The average Bonchev–Trinajstić information content (AvgIpc) is 2.57. The average molecular weight is 227 g/mol. The van der Waals surface area contributed by atoms with Crippen LogP contribution >= 0.6 is 0 Å². The van der Waals surface area contributed by atoms with Crippen LogP contribution in [0.25, 0.3) is 0 Å². The van der Waals surface area contributed by atoms with Crippen LogP contribution in [0.15, 0.2) is 29.2 Å². The molecule has 0 spiro atoms. The second-order valence-electron chi connectivity index (χ2n) is 3.68. The Hall–Kier alpha value is -1.21. The lowest BCUT2D eigenvalue weighted by Crippen LogP contribution is -2.35. The van der Waals surface area contributed by atoms with Gasteiger partial charge in [0.15, 0.2) is 6.23 Å². The number of ether oxygens (including phenoxy) is 1. The molecular formula is C10H13NO5. The number of aromatic nitrogens is 1. The summed E-state index contributed by atoms with van der Waals surface area (Å²) in [6, 6.07) is 4.52. The third-order valence-corrected chi connectivity index (χ3v) is 2.64. The van der Waals surface area contributed by atoms with Gasteiger partial charge in [0, 0.05) is 12.3 Å². The Balaban J connectivity index is 2.30. The quantitative estimate of drug-likeness (QED) is 0.569. The van der Waals surface area contributed by atoms with Crippen LogP contribution in [-0.2, 0) is 4.74 Å². The fourth-order valence-electron chi connectivity index (χ4n) is 1.76. The van der Waals surface area contributed by atoms with Crippen molar-refractivity contribution in [3.8, 4) is 0 Å². The summed E-state index contributed by atoms with van der Waals surface area (Å²) in [5.41, 5.74) is -0.336. The maximum Gasteiger partial charge on any atom is 0.252 e. The van der Waals surface area contributed by atoms with E-state index in [-0.39, 0.29) is 5.56 Å². The first-order valence-electron chi connectivity index (χ1n) is 4.95. The maximum absolute atomic E-state index is 11.5. The molecule has 1 fully saturated rings. The minimum absolute atomic E-state index is 0.336. The third kappa shape index (κ3) is 1.76. The van der Waals surface area contributed by atoms with Crippen LogP contribution in [0.5, 0.6) is 0 Å². The Labute approximate surface area is 91.3 Å². The van der Waals surface area contributed by atoms with Crippen LogP contribution in [0, 0.1) is 0 Å². The first kappa shape index (κ1) is 11.3. The molecule has 2 rings (SSSR count). The van der Waals surface area contributed by atoms with Crippen molar-refractivity contribution in [1.82, 2.24) is 4.57 Å². The van der Waals surface area contributed by atoms with Crippen molar-refractivity contribution in [2.75, 3.05) is 6.61 Å². The zero-order valence-electron chi connectivity index (χ0n) is 8.43. The number of hydrogen-bond donors (Lipinski definition) is 3. The Morgan fingerprint density at radius 2 is 2.06 bits per heavy atom. The Morgan fingerprint density at radius 3 is 2.62 bits per heavy atom. The van der Waals surface area contributed by atoms with Gasteiger partial charge in [0.2, 0.25) is 0 Å². The van der Waals surface area contributed by atoms with Gasteiger partial charge in [0.05, 0.1) is 6.61 Å². The van der Waals surface area contributed by atoms with Crippen molar-refractivity contribution in [2.24, 2.45) is 0 Å². The Bertz CT molecular complexity index is 418. The molecule has 6 heteroatoms. The monoisotopic (exact) mass is 227 g/mol. The van der Waals surface area contributed by atoms with Crippen LogP contribution in [0.1, 0.15) is 6.23 Å². The topological polar surface area (TPSA) is 91.9 Å². The molecule has 2 heterocycles. The molecule has 0 bridgehead atoms. The minimum atomic E-state index is -1.22. The molecule has 0 saturated carbocycles. The van der Waals surface area contributed by atoms with Gasteiger partial charge in [-0.3, -0.25) is 9.36 Å². The minimum Gasteiger partial charge on any atom is -0.394 e. The summed E-state index contributed by atoms with van der Waals surface area (Å²) in [5.74, 6) is 0. The van der Waals surface area contributed by atoms with Gasteiger partial charge in [0.25, 0.3) is 5.56 Å². The number of nitrogens with zero attached hydrogens (tertiary/aromatic N) is 1. The summed E-state index contributed by atoms with van der Waals surface area (Å²) in [7, 11) is 0. The second-order valence-corrected chi connectivity index (χ2v) is 3.68. The van der Waals surface area contributed by atoms with Crippen molar-refractivity contribution in [3.05, 3.63) is 34.7 Å². The van der Waals surface area contributed by atoms with E-state index in [9.17, 15) is 15.0 Å². The first-order chi connectivity index (χ1) is 7.65. The molecule has 16 heavy (non-hydrogen) atoms. The highest BCUT2D eigenvalue weighted by molar-refractivity contribution is 4.98. The van der Waals surface area contributed by atoms with Crippen LogP contribution in [0.2, 0.25) is 0 Å². The van der Waals surface area contributed by atoms with Crippen molar-refractivity contribution in [2.45, 2.75) is 24.5 Å². The molecule has 1 aromatic heterocycles. The number of hydrogen-bond acceptors (Lipinski definition) is 5. The summed E-state index contributed by atoms with van der Waals surface area (Å²) in [6.45, 7) is -0.406. The molecule has 1 aliphatic heterocycles. The van der Waals surface area contributed by atoms with Crippen LogP contribution in [0.4, 0.5) is 0 Å². The van der Waals surface area contributed by atoms with E-state index in [0.717, 1.165) is 0 Å². The van der Waals surface area contributed by atoms with E-state index >= 15 is 0 Å². The van der Waals surface area contributed by atoms with Crippen molar-refractivity contribution < 1.29 is 20.1 Å². The summed E-state index contributed by atoms with van der Waals surface area (Å²) in [6.07, 6.45) is -2.78. The van der Waals surface area contributed by atoms with Crippen molar-refractivity contribution in [1.29, 1.82) is 0 Å². The second kappa shape index (κ2) is 4.34. The Morgan fingerprint density at radius 1 is 1.31 bits per heavy atom. The van der Waals surface area contributed by atoms with Crippen LogP contribution in [0.3, 0.4) is 0 Å². The molecular weight excluding hydrogens is 214 g/mol. The van der Waals surface area contributed by atoms with Crippen LogP contribution < -0.4 is 5.56 Å². The molecule has 0 unspecified atom stereocenters. The number of aliphatic hydroxyl groups excluding tert-OH is 3. The smallest absolute Gasteiger partial charge is 0.252 e. The molecule has 6 nitrogen and oxygen atoms in total. The highest BCUT2D eigenvalue weighted by atomic mass is 16.6. The molecule has 0 radical (unpaired) electrons. The normalized spacial score (nSPS) is 34.2. The number of pyridine rings is 1. The fourth-order valence-corrected chi connectivity index (χ4v) is 1.76. The van der Waals surface area contributed by atoms with Gasteiger partial charge in [-0.15, -0.1) is 0 Å². The standard InChI is InChI=1S/C10H13NO5/c12-5-6-8(14)9(15)10(16-6)11-4-2-1-3-7(11)13/h1-4,6,8-10,12,14-15H,5H2/t6-,8-,9+,10-/m1/s1. The highest BCUT2D eigenvalue weighted by Crippen LogP contribution is 2.27. The molecule has 0 aromatic carbocycles. The van der Waals surface area contributed by atoms with Gasteiger partial charge in [-0.05, 0) is 6.07 Å². The molecule has 4 atom stereocenters. The van der Waals surface area contributed by atoms with E-state index in [4.69, 9.17) is 9.84 Å². The molecule has 1 aliphatic rings. The zero-order valence-corrected chi connectivity index (χ0v) is 8.43. The molecule has 3 N–H and O–H groups in total. The van der Waals surface area contributed by atoms with E-state index in [1.165, 1.54) is 16.8 Å². The van der Waals surface area contributed by atoms with E-state index in [0.29, 0.717) is 0 Å². The predicted octanol–water partition coefficient (Wildman–Crippen LogP) is -1.54. The molecule has 88 valence electrons. The van der Waals surface area contributed by atoms with E-state index < -0.39 is 31.1 Å². The first-order valence-corrected chi connectivity index (χ1v) is 4.95. The maximum atomic E-state index is 11.5. The lowest BCUT2D eigenvalue weighted by molar-refractivity contribution is -0.0543. The van der Waals surface area contributed by atoms with E-state index in [1.54, 1.807) is 12.1 Å². The van der Waals surface area contributed by atoms with Gasteiger partial charge in [-0.2, -0.15) is 0 Å². The third-order valence-electron chi connectivity index (χ3n) is 2.64. The van der Waals surface area contributed by atoms with Crippen molar-refractivity contribution >= 4 is 0 Å². The summed E-state index contributed by atoms with van der Waals surface area (Å²) >= 11 is 0. The summed E-state index contributed by atoms with van der Waals surface area (Å²) in [5, 5.41) is 28.1. The van der Waals surface area contributed by atoms with E-state index in [1.807, 2.05) is 0 Å². The van der Waals surface area contributed by atoms with E-state index in [2.05, 4.69) is 0 Å². The van der Waals surface area contributed by atoms with Crippen LogP contribution in [-0.4, -0.2) is 44.8 Å². The lowest BCUT2D eigenvalue weighted by atomic mass is 10.1. The SMILES string of the molecule is O=c1ccccn1[C@@H]1O[C@H](CO)[C@@H](O)[C@@H]1O. The largest absolute Gasteiger partial charge is 0.394 e. The number of rotatable bonds is 2. The fraction of sp³-hybridized carbons (Fsp3) is 0.500. The van der Waals surface area contributed by atoms with Gasteiger partial charge in [-0.25, -0.2) is 0 Å². The number of aliphatic hydroxyl groups is 3. The predicted molar refractivity (Wildman–Crippen MR) is 53.7 cm³/mol. The molecule has 1 saturated heterocycles. The lowest BCUT2D eigenvalue weighted by Gasteiger charge is -2.16. The van der Waals surface area contributed by atoms with Gasteiger partial charge < -0.3 is 20.1 Å². The molecule has 1 aromatic rings. The highest BCUT2D eigenvalue weighted by Gasteiger charge is 2.43. The molecule has 0 aliphatic carbocycles. The van der Waals surface area contributed by atoms with Gasteiger partial charge in [-0.1, -0.05) is 6.07 Å². The summed E-state index contributed by atoms with van der Waals surface area (Å²) < 4.78 is 6.40. The van der Waals surface area contributed by atoms with Crippen molar-refractivity contribution in [3.63, 3.8) is 0 Å². The van der Waals surface area contributed by atoms with Gasteiger partial charge in [0.1, 0.15) is 18.3 Å². The summed E-state index contributed by atoms with van der Waals surface area (Å²) in [4.78, 5) is 11.5.